The van der Waals surface area contributed by atoms with Gasteiger partial charge >= 0.3 is 0 Å². The molecule has 1 aromatic rings. The van der Waals surface area contributed by atoms with Crippen LogP contribution in [0.25, 0.3) is 0 Å². The van der Waals surface area contributed by atoms with Crippen LogP contribution in [0.4, 0.5) is 0 Å². The molecule has 0 heterocycles. The lowest BCUT2D eigenvalue weighted by molar-refractivity contribution is 0.157. The number of nitrogens with two attached hydrogens (primary N) is 1. The maximum Gasteiger partial charge on any atom is 0.123 e. The summed E-state index contributed by atoms with van der Waals surface area (Å²) in [6.07, 6.45) is 0.0919. The zero-order valence-electron chi connectivity index (χ0n) is 11.7. The summed E-state index contributed by atoms with van der Waals surface area (Å²) in [7, 11) is 0. The number of aryl methyl sites for hydroxylation is 1. The highest BCUT2D eigenvalue weighted by Gasteiger charge is 2.16. The first kappa shape index (κ1) is 14.0. The number of rotatable bonds is 5. The lowest BCUT2D eigenvalue weighted by atomic mass is 10.00. The largest absolute Gasteiger partial charge is 0.489 e. The molecular weight excluding hydrogens is 210 g/mol. The Morgan fingerprint density at radius 3 is 2.29 bits per heavy atom. The molecule has 0 saturated carbocycles. The van der Waals surface area contributed by atoms with E-state index in [-0.39, 0.29) is 6.10 Å². The van der Waals surface area contributed by atoms with Crippen molar-refractivity contribution in [1.29, 1.82) is 0 Å². The van der Waals surface area contributed by atoms with Gasteiger partial charge in [0.1, 0.15) is 11.9 Å². The Morgan fingerprint density at radius 2 is 1.82 bits per heavy atom. The van der Waals surface area contributed by atoms with Crippen molar-refractivity contribution < 1.29 is 4.74 Å². The Hall–Kier alpha value is -1.02. The number of hydrogen-bond donors (Lipinski definition) is 1. The Labute approximate surface area is 105 Å². The molecule has 2 N–H and O–H groups in total. The minimum absolute atomic E-state index is 0.0919. The first-order valence-corrected chi connectivity index (χ1v) is 6.43. The summed E-state index contributed by atoms with van der Waals surface area (Å²) in [6, 6.07) is 6.40. The van der Waals surface area contributed by atoms with Crippen molar-refractivity contribution in [3.8, 4) is 5.75 Å². The summed E-state index contributed by atoms with van der Waals surface area (Å²) in [5.74, 6) is 1.89. The molecule has 1 rings (SSSR count). The number of ether oxygens (including phenoxy) is 1. The first-order chi connectivity index (χ1) is 7.95. The average Bonchev–Trinajstić information content (AvgIpc) is 2.25. The van der Waals surface area contributed by atoms with Gasteiger partial charge in [0, 0.05) is 6.54 Å². The molecule has 96 valence electrons. The second-order valence-corrected chi connectivity index (χ2v) is 5.33. The van der Waals surface area contributed by atoms with E-state index in [4.69, 9.17) is 10.5 Å². The molecular formula is C15H25NO. The lowest BCUT2D eigenvalue weighted by Gasteiger charge is -2.24. The summed E-state index contributed by atoms with van der Waals surface area (Å²) >= 11 is 0. The summed E-state index contributed by atoms with van der Waals surface area (Å²) in [5.41, 5.74) is 8.25. The maximum atomic E-state index is 6.07. The van der Waals surface area contributed by atoms with Crippen LogP contribution in [0.1, 0.15) is 44.7 Å². The van der Waals surface area contributed by atoms with E-state index in [0.29, 0.717) is 18.4 Å². The van der Waals surface area contributed by atoms with Crippen molar-refractivity contribution in [2.75, 3.05) is 6.54 Å². The van der Waals surface area contributed by atoms with Crippen LogP contribution in [0.5, 0.6) is 5.75 Å². The van der Waals surface area contributed by atoms with Gasteiger partial charge < -0.3 is 10.5 Å². The number of benzene rings is 1. The molecule has 0 bridgehead atoms. The third-order valence-corrected chi connectivity index (χ3v) is 3.05. The summed E-state index contributed by atoms with van der Waals surface area (Å²) < 4.78 is 6.07. The molecule has 17 heavy (non-hydrogen) atoms. The highest BCUT2D eigenvalue weighted by Crippen LogP contribution is 2.29. The molecule has 0 spiro atoms. The Kier molecular flexibility index (Phi) is 5.01. The van der Waals surface area contributed by atoms with Gasteiger partial charge in [-0.15, -0.1) is 0 Å². The van der Waals surface area contributed by atoms with Gasteiger partial charge in [0.2, 0.25) is 0 Å². The van der Waals surface area contributed by atoms with Crippen molar-refractivity contribution in [2.45, 2.75) is 46.6 Å². The molecule has 0 aliphatic carbocycles. The van der Waals surface area contributed by atoms with Crippen LogP contribution in [-0.4, -0.2) is 12.6 Å². The average molecular weight is 235 g/mol. The van der Waals surface area contributed by atoms with Crippen LogP contribution in [0.2, 0.25) is 0 Å². The fourth-order valence-electron chi connectivity index (χ4n) is 1.84. The Balaban J connectivity index is 2.98. The molecule has 0 aromatic heterocycles. The van der Waals surface area contributed by atoms with Gasteiger partial charge in [-0.25, -0.2) is 0 Å². The van der Waals surface area contributed by atoms with Crippen LogP contribution < -0.4 is 10.5 Å². The van der Waals surface area contributed by atoms with Crippen LogP contribution in [0, 0.1) is 12.8 Å². The van der Waals surface area contributed by atoms with Gasteiger partial charge in [-0.3, -0.25) is 0 Å². The minimum Gasteiger partial charge on any atom is -0.489 e. The molecule has 2 heteroatoms. The predicted octanol–water partition coefficient (Wildman–Crippen LogP) is 3.48. The quantitative estimate of drug-likeness (QED) is 0.848. The highest BCUT2D eigenvalue weighted by atomic mass is 16.5. The van der Waals surface area contributed by atoms with Gasteiger partial charge in [-0.2, -0.15) is 0 Å². The Bertz CT molecular complexity index is 358. The zero-order chi connectivity index (χ0) is 13.0. The lowest BCUT2D eigenvalue weighted by Crippen LogP contribution is -2.32. The van der Waals surface area contributed by atoms with Crippen LogP contribution in [-0.2, 0) is 0 Å². The van der Waals surface area contributed by atoms with Crippen LogP contribution >= 0.6 is 0 Å². The zero-order valence-corrected chi connectivity index (χ0v) is 11.7. The van der Waals surface area contributed by atoms with E-state index in [1.54, 1.807) is 0 Å². The topological polar surface area (TPSA) is 35.2 Å². The van der Waals surface area contributed by atoms with Crippen LogP contribution in [0.15, 0.2) is 18.2 Å². The van der Waals surface area contributed by atoms with E-state index in [9.17, 15) is 0 Å². The summed E-state index contributed by atoms with van der Waals surface area (Å²) in [6.45, 7) is 11.3. The third kappa shape index (κ3) is 3.74. The molecule has 0 aliphatic rings. The monoisotopic (exact) mass is 235 g/mol. The molecule has 0 fully saturated rings. The normalized spacial score (nSPS) is 13.2. The fraction of sp³-hybridized carbons (Fsp3) is 0.600. The second kappa shape index (κ2) is 6.06. The van der Waals surface area contributed by atoms with Crippen LogP contribution in [0.3, 0.4) is 0 Å². The molecule has 1 aromatic carbocycles. The van der Waals surface area contributed by atoms with E-state index < -0.39 is 0 Å². The first-order valence-electron chi connectivity index (χ1n) is 6.43. The maximum absolute atomic E-state index is 6.07. The van der Waals surface area contributed by atoms with Gasteiger partial charge in [-0.1, -0.05) is 39.8 Å². The van der Waals surface area contributed by atoms with Crippen molar-refractivity contribution in [3.05, 3.63) is 29.3 Å². The van der Waals surface area contributed by atoms with Gasteiger partial charge in [0.25, 0.3) is 0 Å². The fourth-order valence-corrected chi connectivity index (χ4v) is 1.84. The smallest absolute Gasteiger partial charge is 0.123 e. The highest BCUT2D eigenvalue weighted by molar-refractivity contribution is 5.39. The van der Waals surface area contributed by atoms with E-state index in [1.807, 2.05) is 0 Å². The molecule has 0 aliphatic heterocycles. The van der Waals surface area contributed by atoms with Gasteiger partial charge in [0.15, 0.2) is 0 Å². The summed E-state index contributed by atoms with van der Waals surface area (Å²) in [4.78, 5) is 0. The third-order valence-electron chi connectivity index (χ3n) is 3.05. The molecule has 0 saturated heterocycles. The SMILES string of the molecule is Cc1ccc(C(C)C)c(OC(CN)C(C)C)c1. The van der Waals surface area contributed by atoms with Gasteiger partial charge in [0.05, 0.1) is 0 Å². The predicted molar refractivity (Wildman–Crippen MR) is 73.6 cm³/mol. The van der Waals surface area contributed by atoms with Crippen molar-refractivity contribution >= 4 is 0 Å². The van der Waals surface area contributed by atoms with Gasteiger partial charge in [-0.05, 0) is 36.0 Å². The van der Waals surface area contributed by atoms with E-state index in [1.165, 1.54) is 11.1 Å². The molecule has 1 atom stereocenters. The molecule has 2 nitrogen and oxygen atoms in total. The van der Waals surface area contributed by atoms with Crippen molar-refractivity contribution in [2.24, 2.45) is 11.7 Å². The second-order valence-electron chi connectivity index (χ2n) is 5.33. The molecule has 0 radical (unpaired) electrons. The standard InChI is InChI=1S/C15H25NO/c1-10(2)13-7-6-12(5)8-14(13)17-15(9-16)11(3)4/h6-8,10-11,15H,9,16H2,1-5H3. The minimum atomic E-state index is 0.0919. The van der Waals surface area contributed by atoms with Crippen molar-refractivity contribution in [3.63, 3.8) is 0 Å². The number of hydrogen-bond acceptors (Lipinski definition) is 2. The van der Waals surface area contributed by atoms with E-state index in [2.05, 4.69) is 52.8 Å². The van der Waals surface area contributed by atoms with E-state index >= 15 is 0 Å². The summed E-state index contributed by atoms with van der Waals surface area (Å²) in [5, 5.41) is 0. The Morgan fingerprint density at radius 1 is 1.18 bits per heavy atom. The van der Waals surface area contributed by atoms with Crippen molar-refractivity contribution in [1.82, 2.24) is 0 Å². The molecule has 0 amide bonds. The van der Waals surface area contributed by atoms with E-state index in [0.717, 1.165) is 5.75 Å². The molecule has 1 unspecified atom stereocenters.